The predicted octanol–water partition coefficient (Wildman–Crippen LogP) is 1.77. The Kier molecular flexibility index (Phi) is 5.07. The highest BCUT2D eigenvalue weighted by molar-refractivity contribution is 5.68. The molecular formula is C10H17NO3. The zero-order valence-electron chi connectivity index (χ0n) is 8.57. The Morgan fingerprint density at radius 1 is 1.50 bits per heavy atom. The molecule has 0 atom stereocenters. The molecular weight excluding hydrogens is 182 g/mol. The van der Waals surface area contributed by atoms with Gasteiger partial charge in [-0.3, -0.25) is 0 Å². The number of unbranched alkanes of at least 4 members (excludes halogenated alkanes) is 1. The maximum atomic E-state index is 11.4. The molecule has 1 aliphatic heterocycles. The Balaban J connectivity index is 2.19. The molecule has 1 rings (SSSR count). The average molecular weight is 199 g/mol. The van der Waals surface area contributed by atoms with Gasteiger partial charge in [-0.05, 0) is 12.5 Å². The van der Waals surface area contributed by atoms with Crippen molar-refractivity contribution < 1.29 is 14.3 Å². The molecule has 0 N–H and O–H groups in total. The summed E-state index contributed by atoms with van der Waals surface area (Å²) < 4.78 is 10.1. The lowest BCUT2D eigenvalue weighted by molar-refractivity contribution is 0.0372. The van der Waals surface area contributed by atoms with Gasteiger partial charge in [0.05, 0.1) is 19.5 Å². The fraction of sp³-hybridized carbons (Fsp3) is 0.700. The summed E-state index contributed by atoms with van der Waals surface area (Å²) in [5.74, 6) is 0. The normalized spacial score (nSPS) is 17.4. The largest absolute Gasteiger partial charge is 0.419 e. The highest BCUT2D eigenvalue weighted by Gasteiger charge is 2.16. The number of rotatable bonds is 3. The highest BCUT2D eigenvalue weighted by atomic mass is 16.5. The van der Waals surface area contributed by atoms with Gasteiger partial charge in [-0.15, -0.1) is 0 Å². The second-order valence-electron chi connectivity index (χ2n) is 3.14. The summed E-state index contributed by atoms with van der Waals surface area (Å²) in [5, 5.41) is 0. The fourth-order valence-corrected chi connectivity index (χ4v) is 1.16. The van der Waals surface area contributed by atoms with Gasteiger partial charge in [-0.25, -0.2) is 4.79 Å². The molecule has 0 aliphatic carbocycles. The zero-order chi connectivity index (χ0) is 10.2. The molecule has 0 aromatic rings. The van der Waals surface area contributed by atoms with E-state index in [0.29, 0.717) is 26.3 Å². The molecule has 0 aromatic heterocycles. The summed E-state index contributed by atoms with van der Waals surface area (Å²) in [7, 11) is 0. The molecule has 4 nitrogen and oxygen atoms in total. The summed E-state index contributed by atoms with van der Waals surface area (Å²) in [6, 6.07) is 0. The van der Waals surface area contributed by atoms with Crippen LogP contribution in [0.5, 0.6) is 0 Å². The van der Waals surface area contributed by atoms with E-state index in [9.17, 15) is 4.79 Å². The Hall–Kier alpha value is -1.03. The zero-order valence-corrected chi connectivity index (χ0v) is 8.57. The van der Waals surface area contributed by atoms with Crippen LogP contribution in [-0.4, -0.2) is 37.3 Å². The molecule has 4 heteroatoms. The summed E-state index contributed by atoms with van der Waals surface area (Å²) in [6.07, 6.45) is 5.06. The molecule has 0 unspecified atom stereocenters. The van der Waals surface area contributed by atoms with Crippen LogP contribution in [0.2, 0.25) is 0 Å². The first kappa shape index (κ1) is 11.0. The van der Waals surface area contributed by atoms with Crippen LogP contribution in [0.1, 0.15) is 19.8 Å². The summed E-state index contributed by atoms with van der Waals surface area (Å²) in [5.41, 5.74) is 0. The van der Waals surface area contributed by atoms with Crippen molar-refractivity contribution >= 4 is 6.09 Å². The number of carbonyl (C=O) groups is 1. The van der Waals surface area contributed by atoms with Crippen molar-refractivity contribution in [2.24, 2.45) is 0 Å². The van der Waals surface area contributed by atoms with Crippen molar-refractivity contribution in [3.8, 4) is 0 Å². The lowest BCUT2D eigenvalue weighted by Gasteiger charge is -2.25. The van der Waals surface area contributed by atoms with Gasteiger partial charge < -0.3 is 14.4 Å². The van der Waals surface area contributed by atoms with Gasteiger partial charge >= 0.3 is 6.09 Å². The molecule has 0 bridgehead atoms. The molecule has 80 valence electrons. The first-order chi connectivity index (χ1) is 6.84. The van der Waals surface area contributed by atoms with Gasteiger partial charge in [-0.2, -0.15) is 0 Å². The van der Waals surface area contributed by atoms with Crippen molar-refractivity contribution in [2.45, 2.75) is 19.8 Å². The Morgan fingerprint density at radius 3 is 2.86 bits per heavy atom. The first-order valence-corrected chi connectivity index (χ1v) is 5.03. The predicted molar refractivity (Wildman–Crippen MR) is 52.9 cm³/mol. The Bertz CT molecular complexity index is 198. The third kappa shape index (κ3) is 3.79. The number of nitrogens with zero attached hydrogens (tertiary/aromatic N) is 1. The van der Waals surface area contributed by atoms with Crippen LogP contribution in [-0.2, 0) is 9.47 Å². The Morgan fingerprint density at radius 2 is 2.21 bits per heavy atom. The number of morpholine rings is 1. The smallest absolute Gasteiger partial charge is 0.414 e. The van der Waals surface area contributed by atoms with E-state index in [2.05, 4.69) is 6.92 Å². The van der Waals surface area contributed by atoms with Gasteiger partial charge in [0.2, 0.25) is 0 Å². The number of hydrogen-bond donors (Lipinski definition) is 0. The molecule has 0 spiro atoms. The number of hydrogen-bond acceptors (Lipinski definition) is 3. The minimum atomic E-state index is -0.277. The molecule has 0 saturated carbocycles. The third-order valence-electron chi connectivity index (χ3n) is 1.99. The van der Waals surface area contributed by atoms with Crippen LogP contribution in [0.3, 0.4) is 0 Å². The summed E-state index contributed by atoms with van der Waals surface area (Å²) in [6.45, 7) is 4.54. The quantitative estimate of drug-likeness (QED) is 0.650. The SMILES string of the molecule is CCCC=COC(=O)N1CCOCC1. The van der Waals surface area contributed by atoms with Crippen LogP contribution >= 0.6 is 0 Å². The molecule has 1 fully saturated rings. The topological polar surface area (TPSA) is 38.8 Å². The van der Waals surface area contributed by atoms with Crippen LogP contribution in [0, 0.1) is 0 Å². The maximum absolute atomic E-state index is 11.4. The van der Waals surface area contributed by atoms with E-state index in [1.54, 1.807) is 4.90 Å². The lowest BCUT2D eigenvalue weighted by Crippen LogP contribution is -2.40. The van der Waals surface area contributed by atoms with E-state index in [4.69, 9.17) is 9.47 Å². The van der Waals surface area contributed by atoms with Crippen LogP contribution in [0.25, 0.3) is 0 Å². The number of ether oxygens (including phenoxy) is 2. The van der Waals surface area contributed by atoms with Gasteiger partial charge in [-0.1, -0.05) is 13.3 Å². The number of amides is 1. The molecule has 1 saturated heterocycles. The van der Waals surface area contributed by atoms with Gasteiger partial charge in [0.15, 0.2) is 0 Å². The van der Waals surface area contributed by atoms with E-state index in [-0.39, 0.29) is 6.09 Å². The van der Waals surface area contributed by atoms with Crippen LogP contribution < -0.4 is 0 Å². The standard InChI is InChI=1S/C10H17NO3/c1-2-3-4-7-14-10(12)11-5-8-13-9-6-11/h4,7H,2-3,5-6,8-9H2,1H3. The molecule has 0 radical (unpaired) electrons. The Labute approximate surface area is 84.5 Å². The van der Waals surface area contributed by atoms with Crippen molar-refractivity contribution in [1.29, 1.82) is 0 Å². The minimum absolute atomic E-state index is 0.277. The molecule has 14 heavy (non-hydrogen) atoms. The summed E-state index contributed by atoms with van der Waals surface area (Å²) >= 11 is 0. The molecule has 1 amide bonds. The molecule has 1 aliphatic rings. The molecule has 0 aromatic carbocycles. The van der Waals surface area contributed by atoms with Crippen molar-refractivity contribution in [3.63, 3.8) is 0 Å². The van der Waals surface area contributed by atoms with Crippen molar-refractivity contribution in [1.82, 2.24) is 4.90 Å². The first-order valence-electron chi connectivity index (χ1n) is 5.03. The average Bonchev–Trinajstić information content (AvgIpc) is 2.25. The van der Waals surface area contributed by atoms with Crippen LogP contribution in [0.4, 0.5) is 4.79 Å². The highest BCUT2D eigenvalue weighted by Crippen LogP contribution is 2.00. The maximum Gasteiger partial charge on any atom is 0.414 e. The van der Waals surface area contributed by atoms with Crippen LogP contribution in [0.15, 0.2) is 12.3 Å². The van der Waals surface area contributed by atoms with E-state index >= 15 is 0 Å². The van der Waals surface area contributed by atoms with Gasteiger partial charge in [0, 0.05) is 13.1 Å². The van der Waals surface area contributed by atoms with E-state index in [1.807, 2.05) is 6.08 Å². The second-order valence-corrected chi connectivity index (χ2v) is 3.14. The second kappa shape index (κ2) is 6.43. The summed E-state index contributed by atoms with van der Waals surface area (Å²) in [4.78, 5) is 13.0. The van der Waals surface area contributed by atoms with Gasteiger partial charge in [0.25, 0.3) is 0 Å². The molecule has 1 heterocycles. The monoisotopic (exact) mass is 199 g/mol. The van der Waals surface area contributed by atoms with E-state index in [0.717, 1.165) is 12.8 Å². The third-order valence-corrected chi connectivity index (χ3v) is 1.99. The fourth-order valence-electron chi connectivity index (χ4n) is 1.16. The van der Waals surface area contributed by atoms with E-state index in [1.165, 1.54) is 6.26 Å². The van der Waals surface area contributed by atoms with E-state index < -0.39 is 0 Å². The lowest BCUT2D eigenvalue weighted by atomic mass is 10.3. The van der Waals surface area contributed by atoms with Gasteiger partial charge in [0.1, 0.15) is 0 Å². The minimum Gasteiger partial charge on any atom is -0.419 e. The van der Waals surface area contributed by atoms with Crippen molar-refractivity contribution in [3.05, 3.63) is 12.3 Å². The number of carbonyl (C=O) groups excluding carboxylic acids is 1. The number of allylic oxidation sites excluding steroid dienone is 1. The van der Waals surface area contributed by atoms with Crippen molar-refractivity contribution in [2.75, 3.05) is 26.3 Å².